The summed E-state index contributed by atoms with van der Waals surface area (Å²) in [6.07, 6.45) is 7.03. The van der Waals surface area contributed by atoms with Gasteiger partial charge in [0.05, 0.1) is 11.3 Å². The van der Waals surface area contributed by atoms with Gasteiger partial charge in [0.1, 0.15) is 5.58 Å². The van der Waals surface area contributed by atoms with Gasteiger partial charge in [-0.1, -0.05) is 142 Å². The van der Waals surface area contributed by atoms with E-state index in [4.69, 9.17) is 4.42 Å². The van der Waals surface area contributed by atoms with E-state index in [2.05, 4.69) is 207 Å². The molecule has 3 nitrogen and oxygen atoms in total. The normalized spacial score (nSPS) is 20.9. The number of furan rings is 1. The summed E-state index contributed by atoms with van der Waals surface area (Å²) >= 11 is 0. The highest BCUT2D eigenvalue weighted by Gasteiger charge is 2.50. The minimum atomic E-state index is -0.0996. The van der Waals surface area contributed by atoms with Crippen molar-refractivity contribution in [2.24, 2.45) is 0 Å². The van der Waals surface area contributed by atoms with Crippen LogP contribution in [0.3, 0.4) is 0 Å². The summed E-state index contributed by atoms with van der Waals surface area (Å²) in [7, 11) is 0. The second kappa shape index (κ2) is 14.2. The summed E-state index contributed by atoms with van der Waals surface area (Å²) in [5.74, 6) is 0.313. The van der Waals surface area contributed by atoms with Crippen LogP contribution in [0.5, 0.6) is 0 Å². The van der Waals surface area contributed by atoms with Crippen molar-refractivity contribution in [3.05, 3.63) is 123 Å². The molecule has 3 aliphatic carbocycles. The van der Waals surface area contributed by atoms with E-state index < -0.39 is 0 Å². The predicted molar refractivity (Wildman–Crippen MR) is 294 cm³/mol. The van der Waals surface area contributed by atoms with E-state index in [0.29, 0.717) is 5.92 Å². The molecule has 6 aromatic rings. The molecule has 0 saturated carbocycles. The van der Waals surface area contributed by atoms with Gasteiger partial charge in [-0.2, -0.15) is 0 Å². The zero-order chi connectivity index (χ0) is 48.8. The van der Waals surface area contributed by atoms with Gasteiger partial charge in [-0.05, 0) is 199 Å². The summed E-state index contributed by atoms with van der Waals surface area (Å²) in [4.78, 5) is 5.36. The molecule has 0 radical (unpaired) electrons. The van der Waals surface area contributed by atoms with E-state index in [-0.39, 0.29) is 44.6 Å². The molecule has 5 aromatic carbocycles. The first kappa shape index (κ1) is 45.7. The first-order chi connectivity index (χ1) is 31.5. The zero-order valence-electron chi connectivity index (χ0n) is 45.1. The Bertz CT molecular complexity index is 3120. The maximum Gasteiger partial charge on any atom is 0.297 e. The van der Waals surface area contributed by atoms with Gasteiger partial charge >= 0.3 is 0 Å². The van der Waals surface area contributed by atoms with Crippen LogP contribution in [0.15, 0.2) is 77.2 Å². The Hall–Kier alpha value is -4.70. The third kappa shape index (κ3) is 6.56. The van der Waals surface area contributed by atoms with Crippen LogP contribution < -0.4 is 26.4 Å². The summed E-state index contributed by atoms with van der Waals surface area (Å²) in [5, 5.41) is 1.24. The van der Waals surface area contributed by atoms with E-state index in [1.54, 1.807) is 0 Å². The van der Waals surface area contributed by atoms with Crippen LogP contribution >= 0.6 is 0 Å². The van der Waals surface area contributed by atoms with Crippen LogP contribution in [-0.4, -0.2) is 6.71 Å². The van der Waals surface area contributed by atoms with Crippen LogP contribution in [0.25, 0.3) is 11.0 Å². The Kier molecular flexibility index (Phi) is 9.57. The first-order valence-electron chi connectivity index (χ1n) is 26.4. The van der Waals surface area contributed by atoms with Gasteiger partial charge in [0, 0.05) is 33.8 Å². The van der Waals surface area contributed by atoms with Crippen molar-refractivity contribution in [1.82, 2.24) is 0 Å². The highest BCUT2D eigenvalue weighted by molar-refractivity contribution is 7.00. The van der Waals surface area contributed by atoms with Gasteiger partial charge in [0.15, 0.2) is 0 Å². The van der Waals surface area contributed by atoms with E-state index in [9.17, 15) is 0 Å². The van der Waals surface area contributed by atoms with Crippen molar-refractivity contribution in [2.75, 3.05) is 9.80 Å². The molecule has 0 N–H and O–H groups in total. The Morgan fingerprint density at radius 3 is 1.56 bits per heavy atom. The molecule has 2 aliphatic heterocycles. The average molecular weight is 903 g/mol. The molecule has 0 saturated heterocycles. The Labute approximate surface area is 410 Å². The lowest BCUT2D eigenvalue weighted by Gasteiger charge is -2.47. The molecule has 0 bridgehead atoms. The number of aryl methyl sites for hydroxylation is 1. The highest BCUT2D eigenvalue weighted by atomic mass is 16.3. The van der Waals surface area contributed by atoms with E-state index in [1.807, 2.05) is 0 Å². The average Bonchev–Trinajstić information content (AvgIpc) is 3.63. The first-order valence-corrected chi connectivity index (χ1v) is 26.4. The minimum Gasteiger partial charge on any atom is -0.468 e. The number of benzene rings is 5. The van der Waals surface area contributed by atoms with Crippen molar-refractivity contribution in [3.63, 3.8) is 0 Å². The summed E-state index contributed by atoms with van der Waals surface area (Å²) in [6.45, 7) is 43.6. The molecule has 0 fully saturated rings. The summed E-state index contributed by atoms with van der Waals surface area (Å²) in [6, 6.07) is 30.3. The quantitative estimate of drug-likeness (QED) is 0.165. The van der Waals surface area contributed by atoms with E-state index >= 15 is 0 Å². The molecule has 0 amide bonds. The molecular weight excluding hydrogens is 824 g/mol. The molecule has 5 aliphatic rings. The zero-order valence-corrected chi connectivity index (χ0v) is 45.1. The predicted octanol–water partition coefficient (Wildman–Crippen LogP) is 16.3. The van der Waals surface area contributed by atoms with Gasteiger partial charge in [0.25, 0.3) is 6.71 Å². The van der Waals surface area contributed by atoms with Crippen molar-refractivity contribution in [2.45, 2.75) is 207 Å². The maximum atomic E-state index is 7.73. The van der Waals surface area contributed by atoms with Crippen molar-refractivity contribution in [1.29, 1.82) is 0 Å². The van der Waals surface area contributed by atoms with Crippen LogP contribution in [0.2, 0.25) is 0 Å². The number of nitrogens with zero attached hydrogens (tertiary/aromatic N) is 2. The number of anilines is 6. The topological polar surface area (TPSA) is 19.6 Å². The lowest BCUT2D eigenvalue weighted by Crippen LogP contribution is -2.61. The summed E-state index contributed by atoms with van der Waals surface area (Å²) < 4.78 is 7.73. The van der Waals surface area contributed by atoms with Crippen LogP contribution in [-0.2, 0) is 37.9 Å². The molecule has 0 unspecified atom stereocenters. The van der Waals surface area contributed by atoms with Crippen molar-refractivity contribution >= 4 is 68.4 Å². The fourth-order valence-corrected chi connectivity index (χ4v) is 13.6. The van der Waals surface area contributed by atoms with E-state index in [1.165, 1.54) is 139 Å². The fraction of sp³-hybridized carbons (Fsp3) is 0.500. The fourth-order valence-electron chi connectivity index (χ4n) is 13.6. The van der Waals surface area contributed by atoms with Gasteiger partial charge in [-0.25, -0.2) is 0 Å². The number of rotatable bonds is 3. The molecule has 68 heavy (non-hydrogen) atoms. The molecule has 0 atom stereocenters. The van der Waals surface area contributed by atoms with Crippen LogP contribution in [0.1, 0.15) is 212 Å². The number of hydrogen-bond donors (Lipinski definition) is 0. The Morgan fingerprint density at radius 2 is 1.01 bits per heavy atom. The highest BCUT2D eigenvalue weighted by Crippen LogP contribution is 2.55. The second-order valence-electron chi connectivity index (χ2n) is 27.7. The van der Waals surface area contributed by atoms with Gasteiger partial charge in [0.2, 0.25) is 0 Å². The van der Waals surface area contributed by atoms with Crippen molar-refractivity contribution in [3.8, 4) is 0 Å². The lowest BCUT2D eigenvalue weighted by molar-refractivity contribution is 0.332. The van der Waals surface area contributed by atoms with Crippen molar-refractivity contribution < 1.29 is 4.42 Å². The lowest BCUT2D eigenvalue weighted by atomic mass is 9.35. The maximum absolute atomic E-state index is 7.73. The van der Waals surface area contributed by atoms with Gasteiger partial charge < -0.3 is 14.2 Å². The molecule has 4 heteroatoms. The van der Waals surface area contributed by atoms with Gasteiger partial charge in [-0.3, -0.25) is 0 Å². The molecule has 354 valence electrons. The monoisotopic (exact) mass is 903 g/mol. The summed E-state index contributed by atoms with van der Waals surface area (Å²) in [5.41, 5.74) is 25.7. The third-order valence-electron chi connectivity index (χ3n) is 18.7. The molecule has 1 aromatic heterocycles. The molecule has 11 rings (SSSR count). The number of fused-ring (bicyclic) bond motifs is 9. The van der Waals surface area contributed by atoms with Crippen LogP contribution in [0, 0.1) is 6.92 Å². The molecular formula is C64H79BN2O. The van der Waals surface area contributed by atoms with Gasteiger partial charge in [-0.15, -0.1) is 0 Å². The smallest absolute Gasteiger partial charge is 0.297 e. The third-order valence-corrected chi connectivity index (χ3v) is 18.7. The number of hydrogen-bond acceptors (Lipinski definition) is 3. The largest absolute Gasteiger partial charge is 0.468 e. The Morgan fingerprint density at radius 1 is 0.515 bits per heavy atom. The van der Waals surface area contributed by atoms with E-state index in [0.717, 1.165) is 11.2 Å². The van der Waals surface area contributed by atoms with Crippen LogP contribution in [0.4, 0.5) is 34.1 Å². The standard InChI is InChI=1S/C64H79BN2O/c1-37(2)39-30-52-55-53(31-39)67(50-22-19-40(29-38(50)3)58(4,5)6)51-35-47-46(62(13,14)26-27-63(47,15)16)34-49(51)65(55)57-56(42-33-45-48(36-54(42)68-57)64(17,18)28-25-61(45,11)12)66(52)41-20-21-43-44(32-41)60(9,10)24-23-59(43,7)8/h19-22,29-37H,23-28H2,1-18H3. The Balaban J connectivity index is 1.30. The molecule has 3 heterocycles. The molecule has 0 spiro atoms. The second-order valence-corrected chi connectivity index (χ2v) is 27.7. The SMILES string of the molecule is Cc1cc(C(C)(C)C)ccc1N1c2cc3c(cc2B2c4oc5cc6c(cc5c4N(c4ccc5c(c4)C(C)(C)CCC5(C)C)c4cc(C(C)C)cc1c42)C(C)(C)CCC6(C)C)C(C)(C)CCC3(C)C. The minimum absolute atomic E-state index is 0.0386.